The Kier molecular flexibility index (Phi) is 8.29. The van der Waals surface area contributed by atoms with Crippen molar-refractivity contribution in [2.75, 3.05) is 26.6 Å². The number of carbonyl (C=O) groups excluding carboxylic acids is 1. The van der Waals surface area contributed by atoms with Crippen molar-refractivity contribution in [3.63, 3.8) is 0 Å². The molecule has 1 aromatic heterocycles. The van der Waals surface area contributed by atoms with Crippen LogP contribution in [0.25, 0.3) is 0 Å². The summed E-state index contributed by atoms with van der Waals surface area (Å²) in [7, 11) is 4.75. The Hall–Kier alpha value is -2.84. The molecule has 1 atom stereocenters. The van der Waals surface area contributed by atoms with Crippen LogP contribution in [0.1, 0.15) is 53.6 Å². The summed E-state index contributed by atoms with van der Waals surface area (Å²) in [6.07, 6.45) is 4.61. The molecule has 8 heteroatoms. The second-order valence-electron chi connectivity index (χ2n) is 10.1. The maximum Gasteiger partial charge on any atom is 0.259 e. The highest BCUT2D eigenvalue weighted by Crippen LogP contribution is 2.46. The van der Waals surface area contributed by atoms with Crippen molar-refractivity contribution in [2.24, 2.45) is 16.3 Å². The third-order valence-corrected chi connectivity index (χ3v) is 8.55. The van der Waals surface area contributed by atoms with Crippen LogP contribution in [0.4, 0.5) is 10.7 Å². The van der Waals surface area contributed by atoms with E-state index in [1.165, 1.54) is 4.88 Å². The molecule has 1 aliphatic carbocycles. The SMILES string of the molecule is COc1ccc(C=Nc2sc3c(c2C(=O)Nc2ccc(Br)cc2)CCC(C(C)(C)C)C3)c(OC)c1OC. The topological polar surface area (TPSA) is 69.2 Å². The number of nitrogens with one attached hydrogen (secondary N) is 1. The van der Waals surface area contributed by atoms with Crippen molar-refractivity contribution < 1.29 is 19.0 Å². The third-order valence-electron chi connectivity index (χ3n) is 6.86. The van der Waals surface area contributed by atoms with E-state index in [0.29, 0.717) is 33.7 Å². The van der Waals surface area contributed by atoms with E-state index in [-0.39, 0.29) is 11.3 Å². The summed E-state index contributed by atoms with van der Waals surface area (Å²) in [6, 6.07) is 11.3. The lowest BCUT2D eigenvalue weighted by atomic mass is 9.72. The van der Waals surface area contributed by atoms with E-state index in [1.54, 1.807) is 38.9 Å². The van der Waals surface area contributed by atoms with Crippen LogP contribution in [0.5, 0.6) is 17.2 Å². The number of thiophene rings is 1. The predicted octanol–water partition coefficient (Wildman–Crippen LogP) is 7.69. The lowest BCUT2D eigenvalue weighted by molar-refractivity contribution is 0.102. The third kappa shape index (κ3) is 5.85. The molecule has 1 aliphatic rings. The Morgan fingerprint density at radius 1 is 1.05 bits per heavy atom. The fourth-order valence-corrected chi connectivity index (χ4v) is 6.25. The average molecular weight is 586 g/mol. The van der Waals surface area contributed by atoms with Crippen LogP contribution >= 0.6 is 27.3 Å². The number of carbonyl (C=O) groups is 1. The van der Waals surface area contributed by atoms with Crippen LogP contribution in [-0.4, -0.2) is 33.5 Å². The van der Waals surface area contributed by atoms with Gasteiger partial charge in [-0.05, 0) is 72.6 Å². The molecular weight excluding hydrogens is 552 g/mol. The molecule has 196 valence electrons. The molecule has 2 aromatic carbocycles. The quantitative estimate of drug-likeness (QED) is 0.289. The minimum atomic E-state index is -0.138. The van der Waals surface area contributed by atoms with Gasteiger partial charge in [-0.2, -0.15) is 0 Å². The first-order chi connectivity index (χ1) is 17.7. The number of aliphatic imine (C=N–C) groups is 1. The van der Waals surface area contributed by atoms with Crippen molar-refractivity contribution in [2.45, 2.75) is 40.0 Å². The van der Waals surface area contributed by atoms with Gasteiger partial charge < -0.3 is 19.5 Å². The maximum atomic E-state index is 13.6. The molecule has 0 aliphatic heterocycles. The van der Waals surface area contributed by atoms with Gasteiger partial charge in [0.15, 0.2) is 11.5 Å². The molecule has 0 radical (unpaired) electrons. The van der Waals surface area contributed by atoms with Crippen LogP contribution in [0.15, 0.2) is 45.9 Å². The van der Waals surface area contributed by atoms with Crippen LogP contribution < -0.4 is 19.5 Å². The number of amides is 1. The van der Waals surface area contributed by atoms with E-state index in [1.807, 2.05) is 36.4 Å². The fraction of sp³-hybridized carbons (Fsp3) is 0.379. The highest BCUT2D eigenvalue weighted by Gasteiger charge is 2.33. The van der Waals surface area contributed by atoms with Crippen LogP contribution in [0, 0.1) is 11.3 Å². The zero-order chi connectivity index (χ0) is 26.7. The highest BCUT2D eigenvalue weighted by molar-refractivity contribution is 9.10. The summed E-state index contributed by atoms with van der Waals surface area (Å²) in [6.45, 7) is 6.87. The second-order valence-corrected chi connectivity index (χ2v) is 12.1. The first kappa shape index (κ1) is 27.2. The molecule has 0 bridgehead atoms. The van der Waals surface area contributed by atoms with Crippen molar-refractivity contribution >= 4 is 50.1 Å². The van der Waals surface area contributed by atoms with Crippen LogP contribution in [0.2, 0.25) is 0 Å². The number of halogens is 1. The summed E-state index contributed by atoms with van der Waals surface area (Å²) in [5, 5.41) is 3.77. The number of fused-ring (bicyclic) bond motifs is 1. The molecule has 0 fully saturated rings. The average Bonchev–Trinajstić information content (AvgIpc) is 3.25. The zero-order valence-electron chi connectivity index (χ0n) is 22.1. The fourth-order valence-electron chi connectivity index (χ4n) is 4.72. The first-order valence-electron chi connectivity index (χ1n) is 12.2. The Bertz CT molecular complexity index is 1310. The van der Waals surface area contributed by atoms with Gasteiger partial charge in [0.2, 0.25) is 5.75 Å². The molecule has 1 amide bonds. The molecule has 0 saturated heterocycles. The molecule has 37 heavy (non-hydrogen) atoms. The number of benzene rings is 2. The van der Waals surface area contributed by atoms with E-state index in [2.05, 4.69) is 42.0 Å². The van der Waals surface area contributed by atoms with Gasteiger partial charge in [0.05, 0.1) is 26.9 Å². The van der Waals surface area contributed by atoms with E-state index < -0.39 is 0 Å². The van der Waals surface area contributed by atoms with Crippen molar-refractivity contribution in [3.05, 3.63) is 62.4 Å². The molecule has 0 spiro atoms. The number of nitrogens with zero attached hydrogens (tertiary/aromatic N) is 1. The van der Waals surface area contributed by atoms with Crippen LogP contribution in [-0.2, 0) is 12.8 Å². The normalized spacial score (nSPS) is 15.4. The molecule has 1 heterocycles. The molecule has 4 rings (SSSR count). The van der Waals surface area contributed by atoms with E-state index >= 15 is 0 Å². The van der Waals surface area contributed by atoms with Gasteiger partial charge in [0.25, 0.3) is 5.91 Å². The molecular formula is C29H33BrN2O4S. The van der Waals surface area contributed by atoms with Gasteiger partial charge in [-0.25, -0.2) is 4.99 Å². The summed E-state index contributed by atoms with van der Waals surface area (Å²) in [5.41, 5.74) is 3.46. The summed E-state index contributed by atoms with van der Waals surface area (Å²) in [4.78, 5) is 19.7. The molecule has 0 saturated carbocycles. The number of rotatable bonds is 7. The van der Waals surface area contributed by atoms with Gasteiger partial charge in [-0.1, -0.05) is 36.7 Å². The maximum absolute atomic E-state index is 13.6. The van der Waals surface area contributed by atoms with Crippen molar-refractivity contribution in [1.82, 2.24) is 0 Å². The van der Waals surface area contributed by atoms with Gasteiger partial charge in [-0.3, -0.25) is 4.79 Å². The Balaban J connectivity index is 1.75. The second kappa shape index (κ2) is 11.3. The number of anilines is 1. The van der Waals surface area contributed by atoms with Crippen molar-refractivity contribution in [1.29, 1.82) is 0 Å². The smallest absolute Gasteiger partial charge is 0.259 e. The van der Waals surface area contributed by atoms with E-state index in [0.717, 1.165) is 40.5 Å². The van der Waals surface area contributed by atoms with E-state index in [4.69, 9.17) is 19.2 Å². The molecule has 1 N–H and O–H groups in total. The largest absolute Gasteiger partial charge is 0.493 e. The van der Waals surface area contributed by atoms with Gasteiger partial charge in [-0.15, -0.1) is 11.3 Å². The monoisotopic (exact) mass is 584 g/mol. The molecule has 1 unspecified atom stereocenters. The first-order valence-corrected chi connectivity index (χ1v) is 13.8. The number of hydrogen-bond acceptors (Lipinski definition) is 6. The van der Waals surface area contributed by atoms with Crippen LogP contribution in [0.3, 0.4) is 0 Å². The summed E-state index contributed by atoms with van der Waals surface area (Å²) in [5.74, 6) is 2.02. The molecule has 6 nitrogen and oxygen atoms in total. The standard InChI is InChI=1S/C29H33BrN2O4S/c1-29(2,3)18-8-13-21-23(15-18)37-28(24(21)27(33)32-20-11-9-19(30)10-12-20)31-16-17-7-14-22(34-4)26(36-6)25(17)35-5/h7,9-12,14,16,18H,8,13,15H2,1-6H3,(H,32,33). The number of hydrogen-bond donors (Lipinski definition) is 1. The minimum Gasteiger partial charge on any atom is -0.493 e. The lowest BCUT2D eigenvalue weighted by Crippen LogP contribution is -2.27. The number of methoxy groups -OCH3 is 3. The minimum absolute atomic E-state index is 0.138. The Labute approximate surface area is 231 Å². The molecule has 3 aromatic rings. The predicted molar refractivity (Wildman–Crippen MR) is 155 cm³/mol. The zero-order valence-corrected chi connectivity index (χ0v) is 24.5. The Morgan fingerprint density at radius 2 is 1.76 bits per heavy atom. The van der Waals surface area contributed by atoms with E-state index in [9.17, 15) is 4.79 Å². The number of ether oxygens (including phenoxy) is 3. The van der Waals surface area contributed by atoms with Gasteiger partial charge >= 0.3 is 0 Å². The van der Waals surface area contributed by atoms with Gasteiger partial charge in [0.1, 0.15) is 5.00 Å². The summed E-state index contributed by atoms with van der Waals surface area (Å²) >= 11 is 5.06. The highest BCUT2D eigenvalue weighted by atomic mass is 79.9. The van der Waals surface area contributed by atoms with Gasteiger partial charge in [0, 0.05) is 26.8 Å². The lowest BCUT2D eigenvalue weighted by Gasteiger charge is -2.33. The van der Waals surface area contributed by atoms with Crippen molar-refractivity contribution in [3.8, 4) is 17.2 Å². The summed E-state index contributed by atoms with van der Waals surface area (Å²) < 4.78 is 17.5. The Morgan fingerprint density at radius 3 is 2.38 bits per heavy atom.